The highest BCUT2D eigenvalue weighted by Crippen LogP contribution is 2.17. The number of nitrogens with two attached hydrogens (primary N) is 2. The first kappa shape index (κ1) is 12.2. The van der Waals surface area contributed by atoms with E-state index in [4.69, 9.17) is 10.9 Å². The number of sulfonamides is 1. The van der Waals surface area contributed by atoms with Crippen LogP contribution >= 0.6 is 0 Å². The van der Waals surface area contributed by atoms with Gasteiger partial charge in [-0.15, -0.1) is 0 Å². The molecule has 0 saturated heterocycles. The van der Waals surface area contributed by atoms with Crippen molar-refractivity contribution in [3.05, 3.63) is 11.4 Å². The zero-order valence-corrected chi connectivity index (χ0v) is 9.71. The zero-order valence-electron chi connectivity index (χ0n) is 8.90. The average Bonchev–Trinajstić information content (AvgIpc) is 2.36. The van der Waals surface area contributed by atoms with Gasteiger partial charge in [0, 0.05) is 6.54 Å². The molecule has 1 aromatic rings. The molecule has 1 aromatic heterocycles. The van der Waals surface area contributed by atoms with Crippen LogP contribution in [-0.2, 0) is 16.6 Å². The van der Waals surface area contributed by atoms with E-state index in [2.05, 4.69) is 5.10 Å². The van der Waals surface area contributed by atoms with E-state index in [9.17, 15) is 8.42 Å². The van der Waals surface area contributed by atoms with Crippen molar-refractivity contribution >= 4 is 10.0 Å². The third-order valence-corrected chi connectivity index (χ3v) is 3.33. The number of aryl methyl sites for hydroxylation is 2. The molecule has 0 fully saturated rings. The zero-order chi connectivity index (χ0) is 11.6. The molecule has 0 aliphatic heterocycles. The fourth-order valence-electron chi connectivity index (χ4n) is 1.55. The topological polar surface area (TPSA) is 104 Å². The number of nitrogens with zero attached hydrogens (tertiary/aromatic N) is 2. The number of aromatic nitrogens is 2. The molecule has 7 heteroatoms. The van der Waals surface area contributed by atoms with E-state index in [1.807, 2.05) is 0 Å². The van der Waals surface area contributed by atoms with Gasteiger partial charge in [-0.05, 0) is 26.8 Å². The first-order valence-electron chi connectivity index (χ1n) is 4.64. The van der Waals surface area contributed by atoms with E-state index in [0.717, 1.165) is 6.42 Å². The Morgan fingerprint density at radius 3 is 2.40 bits per heavy atom. The Morgan fingerprint density at radius 1 is 1.40 bits per heavy atom. The van der Waals surface area contributed by atoms with Crippen LogP contribution in [0.2, 0.25) is 0 Å². The Bertz CT molecular complexity index is 449. The summed E-state index contributed by atoms with van der Waals surface area (Å²) in [6.45, 7) is 4.48. The monoisotopic (exact) mass is 232 g/mol. The van der Waals surface area contributed by atoms with Crippen LogP contribution in [-0.4, -0.2) is 24.7 Å². The summed E-state index contributed by atoms with van der Waals surface area (Å²) >= 11 is 0. The van der Waals surface area contributed by atoms with Gasteiger partial charge in [-0.25, -0.2) is 13.6 Å². The number of rotatable bonds is 4. The second-order valence-electron chi connectivity index (χ2n) is 3.41. The highest BCUT2D eigenvalue weighted by atomic mass is 32.2. The van der Waals surface area contributed by atoms with Crippen LogP contribution in [0.5, 0.6) is 0 Å². The molecule has 0 amide bonds. The molecule has 0 aliphatic rings. The van der Waals surface area contributed by atoms with Crippen molar-refractivity contribution < 1.29 is 8.42 Å². The molecule has 0 radical (unpaired) electrons. The summed E-state index contributed by atoms with van der Waals surface area (Å²) in [5.41, 5.74) is 6.38. The van der Waals surface area contributed by atoms with Gasteiger partial charge >= 0.3 is 0 Å². The van der Waals surface area contributed by atoms with Gasteiger partial charge in [0.1, 0.15) is 4.90 Å². The van der Waals surface area contributed by atoms with Crippen molar-refractivity contribution in [2.24, 2.45) is 10.9 Å². The Hall–Kier alpha value is -0.920. The summed E-state index contributed by atoms with van der Waals surface area (Å²) < 4.78 is 24.1. The van der Waals surface area contributed by atoms with Gasteiger partial charge in [-0.1, -0.05) is 0 Å². The average molecular weight is 232 g/mol. The molecule has 0 unspecified atom stereocenters. The quantitative estimate of drug-likeness (QED) is 0.730. The van der Waals surface area contributed by atoms with Crippen LogP contribution in [0.25, 0.3) is 0 Å². The Morgan fingerprint density at radius 2 is 2.00 bits per heavy atom. The molecule has 1 heterocycles. The third kappa shape index (κ3) is 2.55. The lowest BCUT2D eigenvalue weighted by Gasteiger charge is -2.02. The minimum Gasteiger partial charge on any atom is -0.330 e. The summed E-state index contributed by atoms with van der Waals surface area (Å²) in [4.78, 5) is 0.125. The molecule has 0 saturated carbocycles. The molecular weight excluding hydrogens is 216 g/mol. The lowest BCUT2D eigenvalue weighted by molar-refractivity contribution is 0.565. The van der Waals surface area contributed by atoms with Crippen LogP contribution < -0.4 is 10.9 Å². The van der Waals surface area contributed by atoms with Crippen molar-refractivity contribution in [3.63, 3.8) is 0 Å². The highest BCUT2D eigenvalue weighted by Gasteiger charge is 2.20. The molecule has 0 bridgehead atoms. The first-order valence-corrected chi connectivity index (χ1v) is 6.19. The van der Waals surface area contributed by atoms with Crippen LogP contribution in [0.15, 0.2) is 4.90 Å². The number of hydrogen-bond donors (Lipinski definition) is 2. The highest BCUT2D eigenvalue weighted by molar-refractivity contribution is 7.89. The summed E-state index contributed by atoms with van der Waals surface area (Å²) in [6.07, 6.45) is 0.756. The van der Waals surface area contributed by atoms with Crippen molar-refractivity contribution in [3.8, 4) is 0 Å². The molecule has 4 N–H and O–H groups in total. The lowest BCUT2D eigenvalue weighted by atomic mass is 10.4. The van der Waals surface area contributed by atoms with Gasteiger partial charge < -0.3 is 5.73 Å². The van der Waals surface area contributed by atoms with Crippen LogP contribution in [0.1, 0.15) is 17.8 Å². The van der Waals surface area contributed by atoms with Gasteiger partial charge in [0.2, 0.25) is 10.0 Å². The van der Waals surface area contributed by atoms with Gasteiger partial charge in [0.05, 0.1) is 11.4 Å². The molecular formula is C8H16N4O2S. The standard InChI is InChI=1S/C8H16N4O2S/c1-6-8(15(10,13)14)7(2)12(11-6)5-3-4-9/h3-5,9H2,1-2H3,(H2,10,13,14). The van der Waals surface area contributed by atoms with Crippen LogP contribution in [0.4, 0.5) is 0 Å². The number of primary sulfonamides is 1. The predicted molar refractivity (Wildman–Crippen MR) is 56.7 cm³/mol. The first-order chi connectivity index (χ1) is 6.88. The van der Waals surface area contributed by atoms with Gasteiger partial charge in [-0.2, -0.15) is 5.10 Å². The smallest absolute Gasteiger partial charge is 0.241 e. The normalized spacial score (nSPS) is 12.0. The predicted octanol–water partition coefficient (Wildman–Crippen LogP) is -0.504. The fraction of sp³-hybridized carbons (Fsp3) is 0.625. The largest absolute Gasteiger partial charge is 0.330 e. The summed E-state index contributed by atoms with van der Waals surface area (Å²) in [5, 5.41) is 9.21. The summed E-state index contributed by atoms with van der Waals surface area (Å²) in [7, 11) is -3.68. The maximum atomic E-state index is 11.3. The molecule has 0 atom stereocenters. The third-order valence-electron chi connectivity index (χ3n) is 2.17. The Labute approximate surface area is 89.3 Å². The Kier molecular flexibility index (Phi) is 3.48. The summed E-state index contributed by atoms with van der Waals surface area (Å²) in [5.74, 6) is 0. The van der Waals surface area contributed by atoms with E-state index in [1.54, 1.807) is 18.5 Å². The fourth-order valence-corrected chi connectivity index (χ4v) is 2.52. The molecule has 6 nitrogen and oxygen atoms in total. The maximum Gasteiger partial charge on any atom is 0.241 e. The van der Waals surface area contributed by atoms with E-state index in [1.165, 1.54) is 0 Å². The van der Waals surface area contributed by atoms with E-state index in [-0.39, 0.29) is 4.90 Å². The second-order valence-corrected chi connectivity index (χ2v) is 4.91. The van der Waals surface area contributed by atoms with Gasteiger partial charge in [0.25, 0.3) is 0 Å². The van der Waals surface area contributed by atoms with Crippen LogP contribution in [0, 0.1) is 13.8 Å². The molecule has 86 valence electrons. The molecule has 0 aromatic carbocycles. The van der Waals surface area contributed by atoms with Crippen molar-refractivity contribution in [2.45, 2.75) is 31.7 Å². The van der Waals surface area contributed by atoms with Crippen molar-refractivity contribution in [1.82, 2.24) is 9.78 Å². The second kappa shape index (κ2) is 4.30. The minimum absolute atomic E-state index is 0.125. The molecule has 15 heavy (non-hydrogen) atoms. The van der Waals surface area contributed by atoms with E-state index < -0.39 is 10.0 Å². The SMILES string of the molecule is Cc1nn(CCCN)c(C)c1S(N)(=O)=O. The van der Waals surface area contributed by atoms with E-state index in [0.29, 0.717) is 24.5 Å². The van der Waals surface area contributed by atoms with Crippen LogP contribution in [0.3, 0.4) is 0 Å². The number of hydrogen-bond acceptors (Lipinski definition) is 4. The molecule has 0 spiro atoms. The molecule has 0 aliphatic carbocycles. The van der Waals surface area contributed by atoms with E-state index >= 15 is 0 Å². The summed E-state index contributed by atoms with van der Waals surface area (Å²) in [6, 6.07) is 0. The van der Waals surface area contributed by atoms with Gasteiger partial charge in [-0.3, -0.25) is 4.68 Å². The Balaban J connectivity index is 3.15. The molecule has 1 rings (SSSR count). The lowest BCUT2D eigenvalue weighted by Crippen LogP contribution is -2.14. The minimum atomic E-state index is -3.68. The maximum absolute atomic E-state index is 11.3. The van der Waals surface area contributed by atoms with Crippen molar-refractivity contribution in [1.29, 1.82) is 0 Å². The van der Waals surface area contributed by atoms with Crippen molar-refractivity contribution in [2.75, 3.05) is 6.54 Å². The van der Waals surface area contributed by atoms with Gasteiger partial charge in [0.15, 0.2) is 0 Å².